The van der Waals surface area contributed by atoms with Crippen molar-refractivity contribution in [3.05, 3.63) is 63.5 Å². The molecule has 0 aliphatic carbocycles. The van der Waals surface area contributed by atoms with E-state index in [-0.39, 0.29) is 11.3 Å². The normalized spacial score (nSPS) is 11.7. The predicted octanol–water partition coefficient (Wildman–Crippen LogP) is 3.46. The first-order valence-corrected chi connectivity index (χ1v) is 8.38. The van der Waals surface area contributed by atoms with Gasteiger partial charge in [0.25, 0.3) is 10.0 Å². The van der Waals surface area contributed by atoms with Gasteiger partial charge in [0.15, 0.2) is 4.91 Å². The van der Waals surface area contributed by atoms with Gasteiger partial charge in [-0.15, -0.1) is 0 Å². The van der Waals surface area contributed by atoms with E-state index in [2.05, 4.69) is 20.7 Å². The number of nitriles is 1. The lowest BCUT2D eigenvalue weighted by Crippen LogP contribution is -2.14. The molecule has 0 aliphatic rings. The number of allylic oxidation sites excluding steroid dienone is 1. The quantitative estimate of drug-likeness (QED) is 0.796. The summed E-state index contributed by atoms with van der Waals surface area (Å²) in [5, 5.41) is 18.8. The SMILES string of the molecule is N#CC(=Cc1ccccc1O)S(=O)(=O)Nc1ccc(Br)cc1. The number of rotatable bonds is 4. The summed E-state index contributed by atoms with van der Waals surface area (Å²) in [5.74, 6) is -0.103. The molecule has 0 saturated carbocycles. The standard InChI is InChI=1S/C15H11BrN2O3S/c16-12-5-7-13(8-6-12)18-22(20,21)14(10-17)9-11-3-1-2-4-15(11)19/h1-9,18-19H. The van der Waals surface area contributed by atoms with Crippen molar-refractivity contribution in [2.24, 2.45) is 0 Å². The monoisotopic (exact) mass is 378 g/mol. The Hall–Kier alpha value is -2.30. The van der Waals surface area contributed by atoms with Crippen molar-refractivity contribution in [2.75, 3.05) is 4.72 Å². The van der Waals surface area contributed by atoms with Crippen molar-refractivity contribution < 1.29 is 13.5 Å². The number of para-hydroxylation sites is 1. The third-order valence-corrected chi connectivity index (χ3v) is 4.54. The van der Waals surface area contributed by atoms with Crippen molar-refractivity contribution in [1.29, 1.82) is 5.26 Å². The highest BCUT2D eigenvalue weighted by atomic mass is 79.9. The van der Waals surface area contributed by atoms with E-state index < -0.39 is 14.9 Å². The lowest BCUT2D eigenvalue weighted by Gasteiger charge is -2.07. The second kappa shape index (κ2) is 6.64. The van der Waals surface area contributed by atoms with Crippen LogP contribution >= 0.6 is 15.9 Å². The van der Waals surface area contributed by atoms with E-state index >= 15 is 0 Å². The summed E-state index contributed by atoms with van der Waals surface area (Å²) in [7, 11) is -4.03. The number of hydrogen-bond donors (Lipinski definition) is 2. The molecule has 5 nitrogen and oxygen atoms in total. The van der Waals surface area contributed by atoms with Gasteiger partial charge in [-0.05, 0) is 36.4 Å². The molecule has 2 aromatic rings. The van der Waals surface area contributed by atoms with Gasteiger partial charge in [0, 0.05) is 15.7 Å². The molecule has 7 heteroatoms. The van der Waals surface area contributed by atoms with Crippen molar-refractivity contribution in [3.8, 4) is 11.8 Å². The third kappa shape index (κ3) is 3.87. The molecule has 2 aromatic carbocycles. The number of phenolic OH excluding ortho intramolecular Hbond substituents is 1. The van der Waals surface area contributed by atoms with Gasteiger partial charge in [-0.1, -0.05) is 34.1 Å². The van der Waals surface area contributed by atoms with Crippen molar-refractivity contribution in [3.63, 3.8) is 0 Å². The van der Waals surface area contributed by atoms with Crippen LogP contribution in [0.4, 0.5) is 5.69 Å². The zero-order valence-electron chi connectivity index (χ0n) is 11.2. The number of aromatic hydroxyl groups is 1. The Balaban J connectivity index is 2.36. The molecule has 22 heavy (non-hydrogen) atoms. The van der Waals surface area contributed by atoms with Crippen LogP contribution in [0.1, 0.15) is 5.56 Å². The van der Waals surface area contributed by atoms with E-state index in [0.29, 0.717) is 5.69 Å². The van der Waals surface area contributed by atoms with Gasteiger partial charge in [-0.25, -0.2) is 8.42 Å². The van der Waals surface area contributed by atoms with Crippen LogP contribution < -0.4 is 4.72 Å². The first-order chi connectivity index (χ1) is 10.4. The fourth-order valence-electron chi connectivity index (χ4n) is 1.65. The molecule has 0 spiro atoms. The Morgan fingerprint density at radius 3 is 2.41 bits per heavy atom. The first kappa shape index (κ1) is 16.1. The number of phenols is 1. The summed E-state index contributed by atoms with van der Waals surface area (Å²) in [6.45, 7) is 0. The highest BCUT2D eigenvalue weighted by Crippen LogP contribution is 2.22. The number of benzene rings is 2. The molecule has 0 aromatic heterocycles. The Bertz CT molecular complexity index is 853. The summed E-state index contributed by atoms with van der Waals surface area (Å²) in [5.41, 5.74) is 0.585. The van der Waals surface area contributed by atoms with Crippen molar-refractivity contribution in [1.82, 2.24) is 0 Å². The van der Waals surface area contributed by atoms with E-state index in [4.69, 9.17) is 5.26 Å². The molecular formula is C15H11BrN2O3S. The maximum atomic E-state index is 12.2. The molecular weight excluding hydrogens is 368 g/mol. The van der Waals surface area contributed by atoms with Gasteiger partial charge in [0.1, 0.15) is 11.8 Å². The van der Waals surface area contributed by atoms with Gasteiger partial charge < -0.3 is 5.11 Å². The number of hydrogen-bond acceptors (Lipinski definition) is 4. The fourth-order valence-corrected chi connectivity index (χ4v) is 2.87. The molecule has 2 rings (SSSR count). The molecule has 0 heterocycles. The Morgan fingerprint density at radius 1 is 1.18 bits per heavy atom. The molecule has 2 N–H and O–H groups in total. The molecule has 0 bridgehead atoms. The molecule has 112 valence electrons. The van der Waals surface area contributed by atoms with Crippen LogP contribution in [0.25, 0.3) is 6.08 Å². The minimum atomic E-state index is -4.03. The van der Waals surface area contributed by atoms with Gasteiger partial charge in [-0.3, -0.25) is 4.72 Å². The Kier molecular flexibility index (Phi) is 4.85. The number of anilines is 1. The highest BCUT2D eigenvalue weighted by molar-refractivity contribution is 9.10. The van der Waals surface area contributed by atoms with Crippen LogP contribution in [0.2, 0.25) is 0 Å². The molecule has 0 aliphatic heterocycles. The maximum absolute atomic E-state index is 12.2. The second-order valence-electron chi connectivity index (χ2n) is 4.29. The van der Waals surface area contributed by atoms with Crippen LogP contribution in [-0.4, -0.2) is 13.5 Å². The summed E-state index contributed by atoms with van der Waals surface area (Å²) in [6.07, 6.45) is 1.12. The fraction of sp³-hybridized carbons (Fsp3) is 0. The molecule has 0 fully saturated rings. The third-order valence-electron chi connectivity index (χ3n) is 2.72. The van der Waals surface area contributed by atoms with Gasteiger partial charge in [0.2, 0.25) is 0 Å². The molecule has 0 radical (unpaired) electrons. The number of sulfonamides is 1. The van der Waals surface area contributed by atoms with E-state index in [1.807, 2.05) is 0 Å². The van der Waals surface area contributed by atoms with Crippen molar-refractivity contribution in [2.45, 2.75) is 0 Å². The smallest absolute Gasteiger partial charge is 0.272 e. The average Bonchev–Trinajstić information content (AvgIpc) is 2.48. The molecule has 0 unspecified atom stereocenters. The Morgan fingerprint density at radius 2 is 1.82 bits per heavy atom. The first-order valence-electron chi connectivity index (χ1n) is 6.10. The molecule has 0 amide bonds. The van der Waals surface area contributed by atoms with Crippen LogP contribution in [0.5, 0.6) is 5.75 Å². The van der Waals surface area contributed by atoms with E-state index in [9.17, 15) is 13.5 Å². The number of halogens is 1. The molecule has 0 atom stereocenters. The summed E-state index contributed by atoms with van der Waals surface area (Å²) in [6, 6.07) is 14.3. The van der Waals surface area contributed by atoms with E-state index in [0.717, 1.165) is 10.5 Å². The zero-order chi connectivity index (χ0) is 16.2. The van der Waals surface area contributed by atoms with Gasteiger partial charge in [-0.2, -0.15) is 5.26 Å². The van der Waals surface area contributed by atoms with Gasteiger partial charge in [0.05, 0.1) is 0 Å². The van der Waals surface area contributed by atoms with Crippen LogP contribution in [0, 0.1) is 11.3 Å². The predicted molar refractivity (Wildman–Crippen MR) is 88.4 cm³/mol. The topological polar surface area (TPSA) is 90.2 Å². The van der Waals surface area contributed by atoms with E-state index in [1.54, 1.807) is 42.5 Å². The summed E-state index contributed by atoms with van der Waals surface area (Å²) < 4.78 is 27.6. The maximum Gasteiger partial charge on any atom is 0.272 e. The number of nitrogens with zero attached hydrogens (tertiary/aromatic N) is 1. The number of nitrogens with one attached hydrogen (secondary N) is 1. The van der Waals surface area contributed by atoms with Gasteiger partial charge >= 0.3 is 0 Å². The largest absolute Gasteiger partial charge is 0.507 e. The Labute approximate surface area is 136 Å². The average molecular weight is 379 g/mol. The summed E-state index contributed by atoms with van der Waals surface area (Å²) in [4.78, 5) is -0.489. The van der Waals surface area contributed by atoms with Crippen LogP contribution in [0.3, 0.4) is 0 Å². The summed E-state index contributed by atoms with van der Waals surface area (Å²) >= 11 is 3.25. The van der Waals surface area contributed by atoms with Crippen LogP contribution in [0.15, 0.2) is 57.9 Å². The minimum absolute atomic E-state index is 0.103. The van der Waals surface area contributed by atoms with E-state index in [1.165, 1.54) is 12.1 Å². The lowest BCUT2D eigenvalue weighted by atomic mass is 10.2. The highest BCUT2D eigenvalue weighted by Gasteiger charge is 2.18. The zero-order valence-corrected chi connectivity index (χ0v) is 13.6. The molecule has 0 saturated heterocycles. The van der Waals surface area contributed by atoms with Crippen LogP contribution in [-0.2, 0) is 10.0 Å². The lowest BCUT2D eigenvalue weighted by molar-refractivity contribution is 0.474. The van der Waals surface area contributed by atoms with Crippen molar-refractivity contribution >= 4 is 37.7 Å². The second-order valence-corrected chi connectivity index (χ2v) is 6.86. The minimum Gasteiger partial charge on any atom is -0.507 e.